The summed E-state index contributed by atoms with van der Waals surface area (Å²) < 4.78 is 5.19. The molecule has 4 rings (SSSR count). The summed E-state index contributed by atoms with van der Waals surface area (Å²) in [6, 6.07) is 24.0. The van der Waals surface area contributed by atoms with E-state index in [1.165, 1.54) is 12.7 Å². The molecule has 1 aliphatic heterocycles. The molecule has 0 unspecified atom stereocenters. The standard InChI is InChI=1S/C26H25NO4/c1-31-21-13-7-12-20(17-21)24(28)18-26(30)22-14-5-6-15-23(22)27(25(26)29)16-8-11-19-9-3-2-4-10-19/h2-7,9-10,12-15,17,30H,8,11,16,18H2,1H3/t26-/m0/s1. The fourth-order valence-electron chi connectivity index (χ4n) is 4.12. The number of aliphatic hydroxyl groups is 1. The first-order valence-corrected chi connectivity index (χ1v) is 10.4. The Morgan fingerprint density at radius 2 is 1.74 bits per heavy atom. The average molecular weight is 415 g/mol. The molecule has 158 valence electrons. The van der Waals surface area contributed by atoms with Gasteiger partial charge in [-0.25, -0.2) is 0 Å². The Morgan fingerprint density at radius 3 is 2.52 bits per heavy atom. The van der Waals surface area contributed by atoms with Crippen molar-refractivity contribution in [2.75, 3.05) is 18.6 Å². The summed E-state index contributed by atoms with van der Waals surface area (Å²) >= 11 is 0. The molecule has 3 aromatic rings. The van der Waals surface area contributed by atoms with E-state index in [4.69, 9.17) is 4.74 Å². The van der Waals surface area contributed by atoms with E-state index in [0.29, 0.717) is 29.1 Å². The lowest BCUT2D eigenvalue weighted by molar-refractivity contribution is -0.135. The molecular weight excluding hydrogens is 390 g/mol. The van der Waals surface area contributed by atoms with Crippen LogP contribution in [0.15, 0.2) is 78.9 Å². The predicted octanol–water partition coefficient (Wildman–Crippen LogP) is 4.14. The molecule has 31 heavy (non-hydrogen) atoms. The number of Topliss-reactive ketones (excluding diaryl/α,β-unsaturated/α-hetero) is 1. The average Bonchev–Trinajstić information content (AvgIpc) is 3.01. The van der Waals surface area contributed by atoms with Crippen LogP contribution in [0.4, 0.5) is 5.69 Å². The van der Waals surface area contributed by atoms with Crippen molar-refractivity contribution in [3.8, 4) is 5.75 Å². The van der Waals surface area contributed by atoms with Crippen LogP contribution in [-0.2, 0) is 16.8 Å². The molecule has 0 spiro atoms. The lowest BCUT2D eigenvalue weighted by Gasteiger charge is -2.23. The third-order valence-corrected chi connectivity index (χ3v) is 5.74. The Morgan fingerprint density at radius 1 is 1.00 bits per heavy atom. The number of carbonyl (C=O) groups is 2. The van der Waals surface area contributed by atoms with Crippen molar-refractivity contribution in [3.63, 3.8) is 0 Å². The monoisotopic (exact) mass is 415 g/mol. The molecule has 0 aliphatic carbocycles. The van der Waals surface area contributed by atoms with Crippen LogP contribution < -0.4 is 9.64 Å². The number of para-hydroxylation sites is 1. The molecule has 0 radical (unpaired) electrons. The molecule has 0 aromatic heterocycles. The number of fused-ring (bicyclic) bond motifs is 1. The third-order valence-electron chi connectivity index (χ3n) is 5.74. The highest BCUT2D eigenvalue weighted by atomic mass is 16.5. The molecule has 1 atom stereocenters. The van der Waals surface area contributed by atoms with Gasteiger partial charge in [-0.1, -0.05) is 60.7 Å². The van der Waals surface area contributed by atoms with Crippen LogP contribution in [0.5, 0.6) is 5.75 Å². The maximum absolute atomic E-state index is 13.3. The maximum atomic E-state index is 13.3. The third kappa shape index (κ3) is 4.09. The number of hydrogen-bond acceptors (Lipinski definition) is 4. The Balaban J connectivity index is 1.55. The summed E-state index contributed by atoms with van der Waals surface area (Å²) in [4.78, 5) is 27.9. The number of rotatable bonds is 8. The second kappa shape index (κ2) is 8.74. The summed E-state index contributed by atoms with van der Waals surface area (Å²) in [5, 5.41) is 11.4. The van der Waals surface area contributed by atoms with Crippen molar-refractivity contribution in [1.29, 1.82) is 0 Å². The number of anilines is 1. The highest BCUT2D eigenvalue weighted by molar-refractivity contribution is 6.10. The SMILES string of the molecule is COc1cccc(C(=O)C[C@@]2(O)C(=O)N(CCCc3ccccc3)c3ccccc32)c1. The first kappa shape index (κ1) is 20.8. The van der Waals surface area contributed by atoms with Crippen LogP contribution in [0.3, 0.4) is 0 Å². The Kier molecular flexibility index (Phi) is 5.87. The minimum absolute atomic E-state index is 0.310. The number of ether oxygens (including phenoxy) is 1. The lowest BCUT2D eigenvalue weighted by atomic mass is 9.88. The van der Waals surface area contributed by atoms with Gasteiger partial charge in [0.15, 0.2) is 11.4 Å². The van der Waals surface area contributed by atoms with Gasteiger partial charge < -0.3 is 14.7 Å². The van der Waals surface area contributed by atoms with Crippen molar-refractivity contribution < 1.29 is 19.4 Å². The minimum atomic E-state index is -1.87. The fourth-order valence-corrected chi connectivity index (χ4v) is 4.12. The molecule has 5 heteroatoms. The van der Waals surface area contributed by atoms with Gasteiger partial charge in [0.1, 0.15) is 5.75 Å². The topological polar surface area (TPSA) is 66.8 Å². The number of benzene rings is 3. The van der Waals surface area contributed by atoms with Gasteiger partial charge in [-0.2, -0.15) is 0 Å². The van der Waals surface area contributed by atoms with Gasteiger partial charge in [-0.3, -0.25) is 9.59 Å². The normalized spacial score (nSPS) is 17.5. The molecule has 0 saturated carbocycles. The van der Waals surface area contributed by atoms with Crippen LogP contribution in [0, 0.1) is 0 Å². The molecule has 1 aliphatic rings. The summed E-state index contributed by atoms with van der Waals surface area (Å²) in [6.07, 6.45) is 1.27. The van der Waals surface area contributed by atoms with Crippen LogP contribution in [0.2, 0.25) is 0 Å². The van der Waals surface area contributed by atoms with Crippen LogP contribution in [-0.4, -0.2) is 30.5 Å². The number of carbonyl (C=O) groups excluding carboxylic acids is 2. The van der Waals surface area contributed by atoms with Gasteiger partial charge in [-0.05, 0) is 36.6 Å². The first-order chi connectivity index (χ1) is 15.0. The van der Waals surface area contributed by atoms with Gasteiger partial charge in [0.05, 0.1) is 19.2 Å². The molecular formula is C26H25NO4. The first-order valence-electron chi connectivity index (χ1n) is 10.4. The molecule has 1 N–H and O–H groups in total. The number of nitrogens with zero attached hydrogens (tertiary/aromatic N) is 1. The molecule has 0 fully saturated rings. The number of aryl methyl sites for hydroxylation is 1. The van der Waals surface area contributed by atoms with Crippen molar-refractivity contribution in [2.24, 2.45) is 0 Å². The van der Waals surface area contributed by atoms with Crippen molar-refractivity contribution in [1.82, 2.24) is 0 Å². The summed E-state index contributed by atoms with van der Waals surface area (Å²) in [6.45, 7) is 0.473. The number of methoxy groups -OCH3 is 1. The van der Waals surface area contributed by atoms with Crippen LogP contribution in [0.25, 0.3) is 0 Å². The highest BCUT2D eigenvalue weighted by Crippen LogP contribution is 2.43. The molecule has 3 aromatic carbocycles. The molecule has 0 bridgehead atoms. The van der Waals surface area contributed by atoms with Crippen molar-refractivity contribution in [2.45, 2.75) is 24.9 Å². The zero-order valence-electron chi connectivity index (χ0n) is 17.5. The van der Waals surface area contributed by atoms with Gasteiger partial charge in [-0.15, -0.1) is 0 Å². The number of amides is 1. The second-order valence-corrected chi connectivity index (χ2v) is 7.76. The zero-order valence-corrected chi connectivity index (χ0v) is 17.5. The summed E-state index contributed by atoms with van der Waals surface area (Å²) in [7, 11) is 1.53. The van der Waals surface area contributed by atoms with E-state index >= 15 is 0 Å². The van der Waals surface area contributed by atoms with Gasteiger partial charge >= 0.3 is 0 Å². The molecule has 1 heterocycles. The zero-order chi connectivity index (χ0) is 21.8. The van der Waals surface area contributed by atoms with E-state index in [9.17, 15) is 14.7 Å². The predicted molar refractivity (Wildman–Crippen MR) is 119 cm³/mol. The van der Waals surface area contributed by atoms with E-state index < -0.39 is 11.5 Å². The Labute approximate surface area is 181 Å². The smallest absolute Gasteiger partial charge is 0.264 e. The fraction of sp³-hybridized carbons (Fsp3) is 0.231. The summed E-state index contributed by atoms with van der Waals surface area (Å²) in [5.74, 6) is -0.202. The van der Waals surface area contributed by atoms with Gasteiger partial charge in [0, 0.05) is 17.7 Å². The van der Waals surface area contributed by atoms with E-state index in [-0.39, 0.29) is 12.2 Å². The van der Waals surface area contributed by atoms with E-state index in [2.05, 4.69) is 12.1 Å². The largest absolute Gasteiger partial charge is 0.497 e. The van der Waals surface area contributed by atoms with Gasteiger partial charge in [0.25, 0.3) is 5.91 Å². The van der Waals surface area contributed by atoms with Gasteiger partial charge in [0.2, 0.25) is 0 Å². The van der Waals surface area contributed by atoms with Crippen molar-refractivity contribution >= 4 is 17.4 Å². The maximum Gasteiger partial charge on any atom is 0.264 e. The van der Waals surface area contributed by atoms with E-state index in [1.54, 1.807) is 41.3 Å². The Bertz CT molecular complexity index is 1100. The minimum Gasteiger partial charge on any atom is -0.497 e. The van der Waals surface area contributed by atoms with E-state index in [1.807, 2.05) is 30.3 Å². The molecule has 5 nitrogen and oxygen atoms in total. The molecule has 1 amide bonds. The van der Waals surface area contributed by atoms with E-state index in [0.717, 1.165) is 12.8 Å². The van der Waals surface area contributed by atoms with Crippen LogP contribution in [0.1, 0.15) is 34.3 Å². The summed E-state index contributed by atoms with van der Waals surface area (Å²) in [5.41, 5.74) is 0.882. The number of ketones is 1. The lowest BCUT2D eigenvalue weighted by Crippen LogP contribution is -2.42. The van der Waals surface area contributed by atoms with Crippen LogP contribution >= 0.6 is 0 Å². The second-order valence-electron chi connectivity index (χ2n) is 7.76. The quantitative estimate of drug-likeness (QED) is 0.562. The van der Waals surface area contributed by atoms with Crippen molar-refractivity contribution in [3.05, 3.63) is 95.6 Å². The number of hydrogen-bond donors (Lipinski definition) is 1. The molecule has 0 saturated heterocycles. The highest BCUT2D eigenvalue weighted by Gasteiger charge is 2.50. The Hall–Kier alpha value is -3.44.